The van der Waals surface area contributed by atoms with E-state index in [9.17, 15) is 8.42 Å². The molecule has 6 nitrogen and oxygen atoms in total. The van der Waals surface area contributed by atoms with Gasteiger partial charge < -0.3 is 0 Å². The molecule has 0 radical (unpaired) electrons. The molecule has 3 heterocycles. The molecule has 28 heavy (non-hydrogen) atoms. The van der Waals surface area contributed by atoms with E-state index in [0.29, 0.717) is 30.6 Å². The van der Waals surface area contributed by atoms with Crippen molar-refractivity contribution in [1.82, 2.24) is 19.0 Å². The van der Waals surface area contributed by atoms with Crippen LogP contribution in [0.1, 0.15) is 44.1 Å². The zero-order valence-corrected chi connectivity index (χ0v) is 17.2. The number of hydrogen-bond acceptors (Lipinski definition) is 4. The number of benzene rings is 1. The first-order valence-corrected chi connectivity index (χ1v) is 11.9. The standard InChI is InChI=1S/C21H30N4O2S/c26-28(27,21-15-22-24(18-21)16-19-9-4-3-5-10-19)25-14-8-11-20(17-25)23-12-6-1-2-7-13-23/h3-5,9-10,15,18,20H,1-2,6-8,11-14,16-17H2. The van der Waals surface area contributed by atoms with Crippen LogP contribution in [0.15, 0.2) is 47.6 Å². The Morgan fingerprint density at radius 1 is 0.964 bits per heavy atom. The molecule has 4 rings (SSSR count). The van der Waals surface area contributed by atoms with Gasteiger partial charge in [-0.1, -0.05) is 43.2 Å². The van der Waals surface area contributed by atoms with Crippen LogP contribution in [0.3, 0.4) is 0 Å². The van der Waals surface area contributed by atoms with Gasteiger partial charge in [-0.15, -0.1) is 0 Å². The highest BCUT2D eigenvalue weighted by atomic mass is 32.2. The van der Waals surface area contributed by atoms with Gasteiger partial charge in [0, 0.05) is 25.3 Å². The van der Waals surface area contributed by atoms with Crippen molar-refractivity contribution >= 4 is 10.0 Å². The molecule has 2 aliphatic rings. The molecule has 1 atom stereocenters. The molecule has 2 saturated heterocycles. The Morgan fingerprint density at radius 2 is 1.71 bits per heavy atom. The fourth-order valence-electron chi connectivity index (χ4n) is 4.38. The number of rotatable bonds is 5. The summed E-state index contributed by atoms with van der Waals surface area (Å²) in [6, 6.07) is 10.3. The Morgan fingerprint density at radius 3 is 2.46 bits per heavy atom. The molecule has 7 heteroatoms. The van der Waals surface area contributed by atoms with Gasteiger partial charge in [-0.25, -0.2) is 8.42 Å². The summed E-state index contributed by atoms with van der Waals surface area (Å²) in [6.07, 6.45) is 10.2. The van der Waals surface area contributed by atoms with Crippen LogP contribution in [0.4, 0.5) is 0 Å². The van der Waals surface area contributed by atoms with E-state index < -0.39 is 10.0 Å². The second-order valence-corrected chi connectivity index (χ2v) is 9.91. The van der Waals surface area contributed by atoms with Gasteiger partial charge in [-0.3, -0.25) is 9.58 Å². The van der Waals surface area contributed by atoms with E-state index in [1.165, 1.54) is 31.9 Å². The minimum atomic E-state index is -3.49. The van der Waals surface area contributed by atoms with Crippen molar-refractivity contribution in [1.29, 1.82) is 0 Å². The van der Waals surface area contributed by atoms with Gasteiger partial charge in [0.25, 0.3) is 0 Å². The lowest BCUT2D eigenvalue weighted by molar-refractivity contribution is 0.139. The third kappa shape index (κ3) is 4.47. The van der Waals surface area contributed by atoms with Crippen molar-refractivity contribution in [3.05, 3.63) is 48.3 Å². The predicted octanol–water partition coefficient (Wildman–Crippen LogP) is 2.96. The topological polar surface area (TPSA) is 58.4 Å². The zero-order valence-electron chi connectivity index (χ0n) is 16.4. The van der Waals surface area contributed by atoms with E-state index in [-0.39, 0.29) is 0 Å². The summed E-state index contributed by atoms with van der Waals surface area (Å²) < 4.78 is 29.8. The van der Waals surface area contributed by atoms with Crippen LogP contribution in [0, 0.1) is 0 Å². The molecule has 0 aliphatic carbocycles. The van der Waals surface area contributed by atoms with Crippen LogP contribution in [0.25, 0.3) is 0 Å². The highest BCUT2D eigenvalue weighted by Gasteiger charge is 2.33. The van der Waals surface area contributed by atoms with Crippen molar-refractivity contribution in [3.63, 3.8) is 0 Å². The number of sulfonamides is 1. The summed E-state index contributed by atoms with van der Waals surface area (Å²) >= 11 is 0. The molecule has 2 aromatic rings. The number of aromatic nitrogens is 2. The third-order valence-corrected chi connectivity index (χ3v) is 7.77. The van der Waals surface area contributed by atoms with E-state index in [4.69, 9.17) is 0 Å². The number of nitrogens with zero attached hydrogens (tertiary/aromatic N) is 4. The molecule has 0 N–H and O–H groups in total. The lowest BCUT2D eigenvalue weighted by Crippen LogP contribution is -2.49. The third-order valence-electron chi connectivity index (χ3n) is 5.95. The largest absolute Gasteiger partial charge is 0.299 e. The Hall–Kier alpha value is -1.70. The second-order valence-electron chi connectivity index (χ2n) is 7.97. The summed E-state index contributed by atoms with van der Waals surface area (Å²) in [5, 5.41) is 4.29. The van der Waals surface area contributed by atoms with Crippen molar-refractivity contribution in [2.45, 2.75) is 56.0 Å². The van der Waals surface area contributed by atoms with Crippen LogP contribution in [0.5, 0.6) is 0 Å². The average molecular weight is 403 g/mol. The van der Waals surface area contributed by atoms with E-state index in [0.717, 1.165) is 31.5 Å². The molecular weight excluding hydrogens is 372 g/mol. The van der Waals surface area contributed by atoms with E-state index in [2.05, 4.69) is 10.00 Å². The van der Waals surface area contributed by atoms with Gasteiger partial charge in [-0.05, 0) is 44.3 Å². The Bertz CT molecular complexity index is 858. The maximum Gasteiger partial charge on any atom is 0.246 e. The highest BCUT2D eigenvalue weighted by Crippen LogP contribution is 2.25. The van der Waals surface area contributed by atoms with Crippen LogP contribution < -0.4 is 0 Å². The molecule has 0 spiro atoms. The van der Waals surface area contributed by atoms with Crippen molar-refractivity contribution in [2.24, 2.45) is 0 Å². The number of likely N-dealkylation sites (tertiary alicyclic amines) is 1. The van der Waals surface area contributed by atoms with E-state index in [1.807, 2.05) is 30.3 Å². The van der Waals surface area contributed by atoms with Crippen molar-refractivity contribution < 1.29 is 8.42 Å². The fourth-order valence-corrected chi connectivity index (χ4v) is 5.85. The minimum absolute atomic E-state index is 0.306. The lowest BCUT2D eigenvalue weighted by atomic mass is 10.1. The average Bonchev–Trinajstić information content (AvgIpc) is 3.02. The smallest absolute Gasteiger partial charge is 0.246 e. The van der Waals surface area contributed by atoms with Crippen LogP contribution in [0.2, 0.25) is 0 Å². The first kappa shape index (κ1) is 19.6. The summed E-state index contributed by atoms with van der Waals surface area (Å²) in [7, 11) is -3.49. The van der Waals surface area contributed by atoms with E-state index in [1.54, 1.807) is 15.2 Å². The summed E-state index contributed by atoms with van der Waals surface area (Å²) in [5.74, 6) is 0. The molecule has 1 aromatic carbocycles. The molecule has 2 fully saturated rings. The summed E-state index contributed by atoms with van der Waals surface area (Å²) in [6.45, 7) is 4.00. The summed E-state index contributed by atoms with van der Waals surface area (Å²) in [4.78, 5) is 2.83. The molecular formula is C21H30N4O2S. The molecule has 2 aliphatic heterocycles. The second kappa shape index (κ2) is 8.76. The monoisotopic (exact) mass is 402 g/mol. The zero-order chi connectivity index (χ0) is 19.4. The van der Waals surface area contributed by atoms with Gasteiger partial charge >= 0.3 is 0 Å². The van der Waals surface area contributed by atoms with Crippen molar-refractivity contribution in [2.75, 3.05) is 26.2 Å². The Kier molecular flexibility index (Phi) is 6.13. The highest BCUT2D eigenvalue weighted by molar-refractivity contribution is 7.89. The fraction of sp³-hybridized carbons (Fsp3) is 0.571. The molecule has 152 valence electrons. The Balaban J connectivity index is 1.45. The molecule has 1 aromatic heterocycles. The minimum Gasteiger partial charge on any atom is -0.299 e. The number of hydrogen-bond donors (Lipinski definition) is 0. The van der Waals surface area contributed by atoms with Crippen LogP contribution >= 0.6 is 0 Å². The first-order chi connectivity index (χ1) is 13.6. The predicted molar refractivity (Wildman–Crippen MR) is 110 cm³/mol. The normalized spacial score (nSPS) is 22.8. The van der Waals surface area contributed by atoms with Gasteiger partial charge in [0.05, 0.1) is 12.7 Å². The van der Waals surface area contributed by atoms with Gasteiger partial charge in [0.15, 0.2) is 0 Å². The lowest BCUT2D eigenvalue weighted by Gasteiger charge is -2.38. The Labute approximate surface area is 168 Å². The molecule has 0 bridgehead atoms. The quantitative estimate of drug-likeness (QED) is 0.772. The van der Waals surface area contributed by atoms with E-state index >= 15 is 0 Å². The van der Waals surface area contributed by atoms with Crippen molar-refractivity contribution in [3.8, 4) is 0 Å². The molecule has 0 amide bonds. The molecule has 1 unspecified atom stereocenters. The molecule has 0 saturated carbocycles. The maximum atomic E-state index is 13.2. The maximum absolute atomic E-state index is 13.2. The van der Waals surface area contributed by atoms with Gasteiger partial charge in [-0.2, -0.15) is 9.40 Å². The van der Waals surface area contributed by atoms with Crippen LogP contribution in [-0.2, 0) is 16.6 Å². The first-order valence-electron chi connectivity index (χ1n) is 10.4. The number of piperidine rings is 1. The summed E-state index contributed by atoms with van der Waals surface area (Å²) in [5.41, 5.74) is 1.11. The van der Waals surface area contributed by atoms with Gasteiger partial charge in [0.2, 0.25) is 10.0 Å². The van der Waals surface area contributed by atoms with Crippen LogP contribution in [-0.4, -0.2) is 59.6 Å². The SMILES string of the molecule is O=S(=O)(c1cnn(Cc2ccccc2)c1)N1CCCC(N2CCCCCC2)C1. The van der Waals surface area contributed by atoms with Gasteiger partial charge in [0.1, 0.15) is 4.90 Å².